The van der Waals surface area contributed by atoms with Crippen LogP contribution in [0.15, 0.2) is 35.7 Å². The molecular weight excluding hydrogens is 252 g/mol. The first-order valence-corrected chi connectivity index (χ1v) is 6.70. The molecule has 2 atom stereocenters. The number of halogens is 2. The fraction of sp³-hybridized carbons (Fsp3) is 0.286. The molecule has 0 saturated heterocycles. The molecule has 0 saturated carbocycles. The maximum Gasteiger partial charge on any atom is 0.128 e. The highest BCUT2D eigenvalue weighted by atomic mass is 32.1. The zero-order valence-electron chi connectivity index (χ0n) is 10.3. The third-order valence-electron chi connectivity index (χ3n) is 2.89. The van der Waals surface area contributed by atoms with E-state index >= 15 is 0 Å². The van der Waals surface area contributed by atoms with Crippen molar-refractivity contribution >= 4 is 11.3 Å². The van der Waals surface area contributed by atoms with E-state index in [2.05, 4.69) is 5.32 Å². The molecule has 0 bridgehead atoms. The van der Waals surface area contributed by atoms with Crippen molar-refractivity contribution in [1.82, 2.24) is 5.32 Å². The van der Waals surface area contributed by atoms with Crippen molar-refractivity contribution in [2.45, 2.75) is 25.9 Å². The van der Waals surface area contributed by atoms with Crippen LogP contribution in [0.3, 0.4) is 0 Å². The lowest BCUT2D eigenvalue weighted by atomic mass is 10.1. The quantitative estimate of drug-likeness (QED) is 0.863. The van der Waals surface area contributed by atoms with Gasteiger partial charge in [-0.15, -0.1) is 11.3 Å². The van der Waals surface area contributed by atoms with Gasteiger partial charge in [0.25, 0.3) is 0 Å². The van der Waals surface area contributed by atoms with Crippen LogP contribution in [0.5, 0.6) is 0 Å². The lowest BCUT2D eigenvalue weighted by Gasteiger charge is -2.20. The minimum Gasteiger partial charge on any atom is -0.303 e. The lowest BCUT2D eigenvalue weighted by Crippen LogP contribution is -2.22. The van der Waals surface area contributed by atoms with Crippen molar-refractivity contribution < 1.29 is 8.78 Å². The SMILES string of the molecule is CC(NC(C)c1cc(F)ccc1F)c1cccs1. The van der Waals surface area contributed by atoms with Gasteiger partial charge in [-0.25, -0.2) is 8.78 Å². The fourth-order valence-corrected chi connectivity index (χ4v) is 2.67. The highest BCUT2D eigenvalue weighted by molar-refractivity contribution is 7.10. The third-order valence-corrected chi connectivity index (χ3v) is 3.95. The summed E-state index contributed by atoms with van der Waals surface area (Å²) in [5.74, 6) is -0.793. The Morgan fingerprint density at radius 3 is 2.56 bits per heavy atom. The normalized spacial score (nSPS) is 14.4. The molecule has 2 aromatic rings. The molecule has 0 spiro atoms. The molecule has 1 aromatic heterocycles. The van der Waals surface area contributed by atoms with Gasteiger partial charge < -0.3 is 5.32 Å². The third kappa shape index (κ3) is 2.94. The van der Waals surface area contributed by atoms with Crippen LogP contribution in [0, 0.1) is 11.6 Å². The number of thiophene rings is 1. The first-order valence-electron chi connectivity index (χ1n) is 5.82. The zero-order valence-corrected chi connectivity index (χ0v) is 11.1. The molecule has 4 heteroatoms. The van der Waals surface area contributed by atoms with E-state index in [1.165, 1.54) is 17.0 Å². The molecule has 0 fully saturated rings. The summed E-state index contributed by atoms with van der Waals surface area (Å²) in [5.41, 5.74) is 0.360. The van der Waals surface area contributed by atoms with Crippen LogP contribution in [0.4, 0.5) is 8.78 Å². The van der Waals surface area contributed by atoms with Gasteiger partial charge in [0.05, 0.1) is 0 Å². The number of nitrogens with one attached hydrogen (secondary N) is 1. The highest BCUT2D eigenvalue weighted by Crippen LogP contribution is 2.24. The Morgan fingerprint density at radius 2 is 1.89 bits per heavy atom. The van der Waals surface area contributed by atoms with Crippen LogP contribution in [0.25, 0.3) is 0 Å². The predicted octanol–water partition coefficient (Wildman–Crippen LogP) is 4.44. The molecule has 1 heterocycles. The van der Waals surface area contributed by atoms with Gasteiger partial charge >= 0.3 is 0 Å². The Kier molecular flexibility index (Phi) is 4.09. The number of hydrogen-bond acceptors (Lipinski definition) is 2. The van der Waals surface area contributed by atoms with Gasteiger partial charge in [0, 0.05) is 22.5 Å². The average molecular weight is 267 g/mol. The maximum absolute atomic E-state index is 13.6. The van der Waals surface area contributed by atoms with Gasteiger partial charge in [-0.2, -0.15) is 0 Å². The molecule has 0 aliphatic rings. The van der Waals surface area contributed by atoms with E-state index in [1.54, 1.807) is 11.3 Å². The highest BCUT2D eigenvalue weighted by Gasteiger charge is 2.15. The molecule has 0 aliphatic heterocycles. The molecule has 0 aliphatic carbocycles. The maximum atomic E-state index is 13.6. The Hall–Kier alpha value is -1.26. The summed E-state index contributed by atoms with van der Waals surface area (Å²) in [7, 11) is 0. The molecule has 96 valence electrons. The lowest BCUT2D eigenvalue weighted by molar-refractivity contribution is 0.473. The van der Waals surface area contributed by atoms with Crippen molar-refractivity contribution in [3.63, 3.8) is 0 Å². The molecule has 0 amide bonds. The van der Waals surface area contributed by atoms with E-state index in [1.807, 2.05) is 31.4 Å². The summed E-state index contributed by atoms with van der Waals surface area (Å²) in [6.07, 6.45) is 0. The van der Waals surface area contributed by atoms with Crippen molar-refractivity contribution in [2.75, 3.05) is 0 Å². The van der Waals surface area contributed by atoms with Gasteiger partial charge in [-0.1, -0.05) is 6.07 Å². The van der Waals surface area contributed by atoms with Gasteiger partial charge in [0.1, 0.15) is 11.6 Å². The monoisotopic (exact) mass is 267 g/mol. The minimum absolute atomic E-state index is 0.114. The fourth-order valence-electron chi connectivity index (χ4n) is 1.93. The Labute approximate surface area is 109 Å². The number of rotatable bonds is 4. The van der Waals surface area contributed by atoms with E-state index in [4.69, 9.17) is 0 Å². The predicted molar refractivity (Wildman–Crippen MR) is 70.6 cm³/mol. The second-order valence-corrected chi connectivity index (χ2v) is 5.27. The van der Waals surface area contributed by atoms with E-state index in [0.29, 0.717) is 5.56 Å². The molecule has 1 aromatic carbocycles. The van der Waals surface area contributed by atoms with Gasteiger partial charge in [-0.05, 0) is 43.5 Å². The zero-order chi connectivity index (χ0) is 13.1. The Bertz CT molecular complexity index is 511. The molecule has 1 N–H and O–H groups in total. The topological polar surface area (TPSA) is 12.0 Å². The van der Waals surface area contributed by atoms with Crippen molar-refractivity contribution in [1.29, 1.82) is 0 Å². The molecule has 2 rings (SSSR count). The molecule has 2 unspecified atom stereocenters. The molecule has 0 radical (unpaired) electrons. The molecular formula is C14H15F2NS. The summed E-state index contributed by atoms with van der Waals surface area (Å²) in [6.45, 7) is 3.85. The summed E-state index contributed by atoms with van der Waals surface area (Å²) in [4.78, 5) is 1.18. The smallest absolute Gasteiger partial charge is 0.128 e. The van der Waals surface area contributed by atoms with Crippen LogP contribution in [-0.2, 0) is 0 Å². The van der Waals surface area contributed by atoms with Crippen molar-refractivity contribution in [3.8, 4) is 0 Å². The van der Waals surface area contributed by atoms with Crippen LogP contribution in [0.1, 0.15) is 36.4 Å². The Morgan fingerprint density at radius 1 is 1.11 bits per heavy atom. The average Bonchev–Trinajstić information content (AvgIpc) is 2.85. The molecule has 1 nitrogen and oxygen atoms in total. The second kappa shape index (κ2) is 5.59. The van der Waals surface area contributed by atoms with E-state index < -0.39 is 5.82 Å². The van der Waals surface area contributed by atoms with Crippen LogP contribution in [0.2, 0.25) is 0 Å². The summed E-state index contributed by atoms with van der Waals surface area (Å²) in [5, 5.41) is 5.27. The van der Waals surface area contributed by atoms with Gasteiger partial charge in [0.15, 0.2) is 0 Å². The number of hydrogen-bond donors (Lipinski definition) is 1. The summed E-state index contributed by atoms with van der Waals surface area (Å²) < 4.78 is 26.7. The molecule has 18 heavy (non-hydrogen) atoms. The van der Waals surface area contributed by atoms with E-state index in [-0.39, 0.29) is 17.9 Å². The summed E-state index contributed by atoms with van der Waals surface area (Å²) in [6, 6.07) is 7.42. The first-order chi connectivity index (χ1) is 8.58. The largest absolute Gasteiger partial charge is 0.303 e. The van der Waals surface area contributed by atoms with E-state index in [9.17, 15) is 8.78 Å². The Balaban J connectivity index is 2.12. The van der Waals surface area contributed by atoms with Crippen LogP contribution < -0.4 is 5.32 Å². The van der Waals surface area contributed by atoms with Crippen molar-refractivity contribution in [2.24, 2.45) is 0 Å². The first kappa shape index (κ1) is 13.2. The summed E-state index contributed by atoms with van der Waals surface area (Å²) >= 11 is 1.65. The van der Waals surface area contributed by atoms with E-state index in [0.717, 1.165) is 6.07 Å². The van der Waals surface area contributed by atoms with Gasteiger partial charge in [-0.3, -0.25) is 0 Å². The second-order valence-electron chi connectivity index (χ2n) is 4.29. The van der Waals surface area contributed by atoms with Crippen molar-refractivity contribution in [3.05, 3.63) is 57.8 Å². The standard InChI is InChI=1S/C14H15F2NS/c1-9(12-8-11(15)5-6-13(12)16)17-10(2)14-4-3-7-18-14/h3-10,17H,1-2H3. The van der Waals surface area contributed by atoms with Gasteiger partial charge in [0.2, 0.25) is 0 Å². The number of benzene rings is 1. The van der Waals surface area contributed by atoms with Crippen LogP contribution >= 0.6 is 11.3 Å². The minimum atomic E-state index is -0.413. The van der Waals surface area contributed by atoms with Crippen LogP contribution in [-0.4, -0.2) is 0 Å².